The molecule has 1 heterocycles. The lowest BCUT2D eigenvalue weighted by Gasteiger charge is -2.06. The standard InChI is InChI=1S/C13H17N3O2S/c1-19(17,18)15-9-8-14-10-12-7-6-11-4-2-3-5-13(11)16-12/h2-7,14-15H,8-10H2,1H3. The molecule has 0 atom stereocenters. The molecule has 0 amide bonds. The summed E-state index contributed by atoms with van der Waals surface area (Å²) in [6.07, 6.45) is 1.15. The molecule has 0 unspecified atom stereocenters. The van der Waals surface area contributed by atoms with Crippen molar-refractivity contribution in [3.63, 3.8) is 0 Å². The number of nitrogens with zero attached hydrogens (tertiary/aromatic N) is 1. The molecule has 5 nitrogen and oxygen atoms in total. The molecule has 2 aromatic rings. The number of hydrogen-bond donors (Lipinski definition) is 2. The quantitative estimate of drug-likeness (QED) is 0.770. The van der Waals surface area contributed by atoms with E-state index >= 15 is 0 Å². The molecular formula is C13H17N3O2S. The highest BCUT2D eigenvalue weighted by molar-refractivity contribution is 7.88. The molecule has 0 spiro atoms. The normalized spacial score (nSPS) is 11.8. The van der Waals surface area contributed by atoms with Crippen molar-refractivity contribution in [2.45, 2.75) is 6.54 Å². The molecule has 1 aromatic heterocycles. The molecule has 2 rings (SSSR count). The third-order valence-electron chi connectivity index (χ3n) is 2.63. The predicted octanol–water partition coefficient (Wildman–Crippen LogP) is 0.874. The van der Waals surface area contributed by atoms with Crippen molar-refractivity contribution in [2.75, 3.05) is 19.3 Å². The molecule has 0 saturated heterocycles. The Morgan fingerprint density at radius 2 is 1.89 bits per heavy atom. The van der Waals surface area contributed by atoms with Crippen molar-refractivity contribution in [3.8, 4) is 0 Å². The van der Waals surface area contributed by atoms with Crippen LogP contribution in [0.2, 0.25) is 0 Å². The molecule has 19 heavy (non-hydrogen) atoms. The molecule has 2 N–H and O–H groups in total. The maximum Gasteiger partial charge on any atom is 0.208 e. The molecule has 0 saturated carbocycles. The fourth-order valence-corrected chi connectivity index (χ4v) is 2.22. The predicted molar refractivity (Wildman–Crippen MR) is 76.3 cm³/mol. The van der Waals surface area contributed by atoms with Crippen LogP contribution in [0.3, 0.4) is 0 Å². The molecule has 0 aliphatic heterocycles. The summed E-state index contributed by atoms with van der Waals surface area (Å²) in [4.78, 5) is 4.52. The van der Waals surface area contributed by atoms with Gasteiger partial charge in [-0.3, -0.25) is 4.98 Å². The van der Waals surface area contributed by atoms with E-state index in [1.807, 2.05) is 36.4 Å². The van der Waals surface area contributed by atoms with Crippen LogP contribution in [0.4, 0.5) is 0 Å². The zero-order chi connectivity index (χ0) is 13.7. The molecular weight excluding hydrogens is 262 g/mol. The number of hydrogen-bond acceptors (Lipinski definition) is 4. The number of fused-ring (bicyclic) bond motifs is 1. The Morgan fingerprint density at radius 3 is 2.68 bits per heavy atom. The highest BCUT2D eigenvalue weighted by Crippen LogP contribution is 2.11. The van der Waals surface area contributed by atoms with E-state index < -0.39 is 10.0 Å². The minimum atomic E-state index is -3.10. The second kappa shape index (κ2) is 6.10. The lowest BCUT2D eigenvalue weighted by Crippen LogP contribution is -2.30. The molecule has 0 bridgehead atoms. The lowest BCUT2D eigenvalue weighted by molar-refractivity contribution is 0.581. The van der Waals surface area contributed by atoms with Crippen molar-refractivity contribution in [1.29, 1.82) is 0 Å². The van der Waals surface area contributed by atoms with E-state index in [-0.39, 0.29) is 0 Å². The van der Waals surface area contributed by atoms with Gasteiger partial charge in [0.25, 0.3) is 0 Å². The van der Waals surface area contributed by atoms with E-state index in [1.165, 1.54) is 0 Å². The average Bonchev–Trinajstić information content (AvgIpc) is 2.37. The Kier molecular flexibility index (Phi) is 4.47. The van der Waals surface area contributed by atoms with Crippen LogP contribution in [-0.4, -0.2) is 32.7 Å². The van der Waals surface area contributed by atoms with E-state index in [0.29, 0.717) is 19.6 Å². The van der Waals surface area contributed by atoms with Gasteiger partial charge in [-0.2, -0.15) is 0 Å². The van der Waals surface area contributed by atoms with Gasteiger partial charge in [-0.15, -0.1) is 0 Å². The van der Waals surface area contributed by atoms with E-state index in [4.69, 9.17) is 0 Å². The first kappa shape index (κ1) is 13.9. The van der Waals surface area contributed by atoms with Crippen molar-refractivity contribution >= 4 is 20.9 Å². The minimum absolute atomic E-state index is 0.381. The molecule has 0 aliphatic rings. The number of sulfonamides is 1. The van der Waals surface area contributed by atoms with E-state index in [2.05, 4.69) is 15.0 Å². The second-order valence-electron chi connectivity index (χ2n) is 4.34. The Hall–Kier alpha value is -1.50. The molecule has 0 fully saturated rings. The minimum Gasteiger partial charge on any atom is -0.310 e. The van der Waals surface area contributed by atoms with Crippen molar-refractivity contribution in [2.24, 2.45) is 0 Å². The first-order chi connectivity index (χ1) is 9.04. The topological polar surface area (TPSA) is 71.1 Å². The van der Waals surface area contributed by atoms with Crippen LogP contribution >= 0.6 is 0 Å². The van der Waals surface area contributed by atoms with Crippen molar-refractivity contribution < 1.29 is 8.42 Å². The highest BCUT2D eigenvalue weighted by Gasteiger charge is 2.00. The molecule has 102 valence electrons. The van der Waals surface area contributed by atoms with Crippen LogP contribution in [0, 0.1) is 0 Å². The summed E-state index contributed by atoms with van der Waals surface area (Å²) in [6, 6.07) is 12.0. The first-order valence-electron chi connectivity index (χ1n) is 6.05. The van der Waals surface area contributed by atoms with Gasteiger partial charge in [0.15, 0.2) is 0 Å². The summed E-state index contributed by atoms with van der Waals surface area (Å²) in [7, 11) is -3.10. The van der Waals surface area contributed by atoms with Gasteiger partial charge in [-0.1, -0.05) is 24.3 Å². The summed E-state index contributed by atoms with van der Waals surface area (Å²) < 4.78 is 24.1. The summed E-state index contributed by atoms with van der Waals surface area (Å²) in [5.74, 6) is 0. The number of aromatic nitrogens is 1. The first-order valence-corrected chi connectivity index (χ1v) is 7.94. The van der Waals surface area contributed by atoms with E-state index in [0.717, 1.165) is 22.9 Å². The van der Waals surface area contributed by atoms with Gasteiger partial charge in [0.05, 0.1) is 17.5 Å². The third-order valence-corrected chi connectivity index (χ3v) is 3.36. The van der Waals surface area contributed by atoms with Gasteiger partial charge < -0.3 is 5.32 Å². The maximum absolute atomic E-state index is 10.9. The van der Waals surface area contributed by atoms with Crippen molar-refractivity contribution in [1.82, 2.24) is 15.0 Å². The third kappa shape index (κ3) is 4.59. The summed E-state index contributed by atoms with van der Waals surface area (Å²) in [5.41, 5.74) is 1.91. The monoisotopic (exact) mass is 279 g/mol. The zero-order valence-electron chi connectivity index (χ0n) is 10.8. The van der Waals surface area contributed by atoms with Gasteiger partial charge in [0.2, 0.25) is 10.0 Å². The lowest BCUT2D eigenvalue weighted by atomic mass is 10.2. The Labute approximate surface area is 113 Å². The van der Waals surface area contributed by atoms with Crippen molar-refractivity contribution in [3.05, 3.63) is 42.1 Å². The number of pyridine rings is 1. The van der Waals surface area contributed by atoms with Crippen LogP contribution < -0.4 is 10.0 Å². The Morgan fingerprint density at radius 1 is 1.11 bits per heavy atom. The number of para-hydroxylation sites is 1. The highest BCUT2D eigenvalue weighted by atomic mass is 32.2. The average molecular weight is 279 g/mol. The molecule has 0 radical (unpaired) electrons. The van der Waals surface area contributed by atoms with Gasteiger partial charge in [0.1, 0.15) is 0 Å². The Balaban J connectivity index is 1.85. The second-order valence-corrected chi connectivity index (χ2v) is 6.17. The SMILES string of the molecule is CS(=O)(=O)NCCNCc1ccc2ccccc2n1. The van der Waals surface area contributed by atoms with Gasteiger partial charge >= 0.3 is 0 Å². The molecule has 1 aromatic carbocycles. The number of benzene rings is 1. The van der Waals surface area contributed by atoms with Crippen LogP contribution in [0.15, 0.2) is 36.4 Å². The molecule has 0 aliphatic carbocycles. The van der Waals surface area contributed by atoms with Gasteiger partial charge in [-0.05, 0) is 12.1 Å². The summed E-state index contributed by atoms with van der Waals surface area (Å²) >= 11 is 0. The summed E-state index contributed by atoms with van der Waals surface area (Å²) in [5, 5.41) is 4.27. The zero-order valence-corrected chi connectivity index (χ0v) is 11.6. The van der Waals surface area contributed by atoms with Gasteiger partial charge in [0, 0.05) is 25.0 Å². The fourth-order valence-electron chi connectivity index (χ4n) is 1.75. The molecule has 6 heteroatoms. The summed E-state index contributed by atoms with van der Waals surface area (Å²) in [6.45, 7) is 1.57. The number of rotatable bonds is 6. The van der Waals surface area contributed by atoms with E-state index in [1.54, 1.807) is 0 Å². The van der Waals surface area contributed by atoms with E-state index in [9.17, 15) is 8.42 Å². The maximum atomic E-state index is 10.9. The van der Waals surface area contributed by atoms with Gasteiger partial charge in [-0.25, -0.2) is 13.1 Å². The smallest absolute Gasteiger partial charge is 0.208 e. The van der Waals surface area contributed by atoms with Crippen LogP contribution in [0.1, 0.15) is 5.69 Å². The van der Waals surface area contributed by atoms with Crippen LogP contribution in [-0.2, 0) is 16.6 Å². The fraction of sp³-hybridized carbons (Fsp3) is 0.308. The van der Waals surface area contributed by atoms with Crippen LogP contribution in [0.25, 0.3) is 10.9 Å². The number of nitrogens with one attached hydrogen (secondary N) is 2. The van der Waals surface area contributed by atoms with Crippen LogP contribution in [0.5, 0.6) is 0 Å². The Bertz CT molecular complexity index is 656. The largest absolute Gasteiger partial charge is 0.310 e.